The van der Waals surface area contributed by atoms with Gasteiger partial charge < -0.3 is 24.8 Å². The minimum atomic E-state index is -0.633. The number of aryl methyl sites for hydroxylation is 1. The normalized spacial score (nSPS) is 13.4. The second-order valence-corrected chi connectivity index (χ2v) is 10.2. The molecule has 1 aromatic rings. The maximum Gasteiger partial charge on any atom is -1.00 e. The van der Waals surface area contributed by atoms with Gasteiger partial charge in [0.1, 0.15) is 0 Å². The predicted octanol–water partition coefficient (Wildman–Crippen LogP) is -3.10. The molecule has 0 aliphatic heterocycles. The Balaban J connectivity index is 0.00000162. The van der Waals surface area contributed by atoms with E-state index in [1.54, 1.807) is 13.1 Å². The van der Waals surface area contributed by atoms with E-state index < -0.39 is 8.80 Å². The third kappa shape index (κ3) is 4.12. The molecule has 0 bridgehead atoms. The van der Waals surface area contributed by atoms with Crippen molar-refractivity contribution in [1.29, 1.82) is 0 Å². The fourth-order valence-electron chi connectivity index (χ4n) is 2.31. The van der Waals surface area contributed by atoms with Crippen molar-refractivity contribution in [3.63, 3.8) is 0 Å². The van der Waals surface area contributed by atoms with Crippen LogP contribution in [0.25, 0.3) is 0 Å². The Morgan fingerprint density at radius 2 is 1.74 bits per heavy atom. The number of aromatic nitrogens is 1. The van der Waals surface area contributed by atoms with Gasteiger partial charge in [-0.3, -0.25) is 0 Å². The molecule has 19 heavy (non-hydrogen) atoms. The van der Waals surface area contributed by atoms with E-state index in [0.717, 1.165) is 0 Å². The van der Waals surface area contributed by atoms with E-state index >= 15 is 0 Å². The summed E-state index contributed by atoms with van der Waals surface area (Å²) in [6.07, 6.45) is 5.98. The molecule has 0 saturated heterocycles. The quantitative estimate of drug-likeness (QED) is 0.556. The molecule has 0 saturated carbocycles. The molecular formula is C14H21Cl2NSiTi. The number of hydrogen-bond donors (Lipinski definition) is 1. The molecule has 5 heteroatoms. The first-order chi connectivity index (χ1) is 8.00. The fraction of sp³-hybridized carbons (Fsp3) is 0.429. The minimum Gasteiger partial charge on any atom is -1.00 e. The molecule has 0 amide bonds. The van der Waals surface area contributed by atoms with Gasteiger partial charge in [0.15, 0.2) is 0 Å². The van der Waals surface area contributed by atoms with E-state index in [9.17, 15) is 0 Å². The summed E-state index contributed by atoms with van der Waals surface area (Å²) in [5, 5.41) is 1.73. The van der Waals surface area contributed by atoms with E-state index in [4.69, 9.17) is 0 Å². The van der Waals surface area contributed by atoms with Crippen LogP contribution in [-0.2, 0) is 19.2 Å². The van der Waals surface area contributed by atoms with E-state index in [1.165, 1.54) is 23.2 Å². The van der Waals surface area contributed by atoms with Crippen LogP contribution in [0.1, 0.15) is 23.2 Å². The van der Waals surface area contributed by atoms with Gasteiger partial charge in [0.25, 0.3) is 0 Å². The first-order valence-electron chi connectivity index (χ1n) is 6.33. The zero-order valence-electron chi connectivity index (χ0n) is 12.2. The summed E-state index contributed by atoms with van der Waals surface area (Å²) in [7, 11) is -0.633. The zero-order chi connectivity index (χ0) is 12.6. The molecule has 1 aliphatic rings. The third-order valence-electron chi connectivity index (χ3n) is 3.68. The number of aromatic amines is 1. The Bertz CT molecular complexity index is 504. The van der Waals surface area contributed by atoms with Crippen molar-refractivity contribution < 1.29 is 44.0 Å². The first-order valence-corrected chi connectivity index (χ1v) is 10.8. The SMILES string of the molecule is Cc1[nH][c]([Ti+2][C]2=C([SiH](C)C)C=CC2)c(C)c1C.[Cl-].[Cl-]. The second kappa shape index (κ2) is 7.90. The van der Waals surface area contributed by atoms with Gasteiger partial charge in [-0.2, -0.15) is 0 Å². The van der Waals surface area contributed by atoms with Gasteiger partial charge in [-0.15, -0.1) is 0 Å². The predicted molar refractivity (Wildman–Crippen MR) is 74.3 cm³/mol. The summed E-state index contributed by atoms with van der Waals surface area (Å²) in [6, 6.07) is 0. The monoisotopic (exact) mass is 349 g/mol. The number of hydrogen-bond acceptors (Lipinski definition) is 0. The van der Waals surface area contributed by atoms with Gasteiger partial charge in [-0.25, -0.2) is 0 Å². The van der Waals surface area contributed by atoms with Crippen LogP contribution in [0.15, 0.2) is 21.2 Å². The summed E-state index contributed by atoms with van der Waals surface area (Å²) in [5.74, 6) is 0. The van der Waals surface area contributed by atoms with Crippen LogP contribution < -0.4 is 28.8 Å². The smallest absolute Gasteiger partial charge is 1.00 e. The van der Waals surface area contributed by atoms with Gasteiger partial charge >= 0.3 is 115 Å². The Hall–Kier alpha value is 0.271. The number of halogens is 2. The molecule has 1 aliphatic carbocycles. The summed E-state index contributed by atoms with van der Waals surface area (Å²) in [5.41, 5.74) is 4.32. The Kier molecular flexibility index (Phi) is 8.01. The maximum atomic E-state index is 3.61. The molecule has 1 nitrogen and oxygen atoms in total. The van der Waals surface area contributed by atoms with Gasteiger partial charge in [0.05, 0.1) is 0 Å². The molecule has 0 radical (unpaired) electrons. The van der Waals surface area contributed by atoms with Crippen LogP contribution in [-0.4, -0.2) is 13.8 Å². The van der Waals surface area contributed by atoms with Gasteiger partial charge in [-0.05, 0) is 0 Å². The topological polar surface area (TPSA) is 15.8 Å². The standard InChI is InChI=1S/C7H10N.C7H11Si.2ClH.Ti/c1-5-4-8-7(3)6(5)2;1-8(2)7-5-3-4-6-7;;;/h8H,1-3H3;3,5,8H,4H2,1-2H3;2*1H;/q;;;;+2/p-2. The molecule has 1 N–H and O–H groups in total. The van der Waals surface area contributed by atoms with Crippen molar-refractivity contribution in [2.45, 2.75) is 40.3 Å². The average molecular weight is 350 g/mol. The molecule has 0 aromatic carbocycles. The summed E-state index contributed by atoms with van der Waals surface area (Å²) in [4.78, 5) is 3.61. The van der Waals surface area contributed by atoms with E-state index in [0.29, 0.717) is 0 Å². The van der Waals surface area contributed by atoms with Crippen molar-refractivity contribution in [3.8, 4) is 0 Å². The van der Waals surface area contributed by atoms with Gasteiger partial charge in [0.2, 0.25) is 0 Å². The van der Waals surface area contributed by atoms with Crippen LogP contribution in [0.3, 0.4) is 0 Å². The summed E-state index contributed by atoms with van der Waals surface area (Å²) < 4.78 is 3.32. The van der Waals surface area contributed by atoms with E-state index in [2.05, 4.69) is 51.0 Å². The largest absolute Gasteiger partial charge is 1.00 e. The fourth-order valence-corrected chi connectivity index (χ4v) is 7.44. The van der Waals surface area contributed by atoms with Crippen LogP contribution >= 0.6 is 0 Å². The van der Waals surface area contributed by atoms with Crippen molar-refractivity contribution in [1.82, 2.24) is 4.98 Å². The van der Waals surface area contributed by atoms with Crippen LogP contribution in [0.5, 0.6) is 0 Å². The van der Waals surface area contributed by atoms with Crippen LogP contribution in [0.2, 0.25) is 13.1 Å². The van der Waals surface area contributed by atoms with Crippen LogP contribution in [0, 0.1) is 20.8 Å². The Morgan fingerprint density at radius 3 is 2.21 bits per heavy atom. The first kappa shape index (κ1) is 19.3. The van der Waals surface area contributed by atoms with E-state index in [-0.39, 0.29) is 44.0 Å². The molecule has 1 heterocycles. The third-order valence-corrected chi connectivity index (χ3v) is 8.33. The molecule has 104 valence electrons. The molecular weight excluding hydrogens is 329 g/mol. The molecule has 0 atom stereocenters. The molecule has 1 aromatic heterocycles. The number of allylic oxidation sites excluding steroid dienone is 4. The summed E-state index contributed by atoms with van der Waals surface area (Å²) in [6.45, 7) is 11.6. The molecule has 0 spiro atoms. The number of H-pyrrole nitrogens is 1. The van der Waals surface area contributed by atoms with Crippen molar-refractivity contribution >= 4 is 12.8 Å². The Labute approximate surface area is 139 Å². The van der Waals surface area contributed by atoms with Crippen LogP contribution in [0.4, 0.5) is 0 Å². The van der Waals surface area contributed by atoms with Crippen molar-refractivity contribution in [2.24, 2.45) is 0 Å². The van der Waals surface area contributed by atoms with Gasteiger partial charge in [0, 0.05) is 0 Å². The minimum absolute atomic E-state index is 0. The molecule has 2 rings (SSSR count). The van der Waals surface area contributed by atoms with Gasteiger partial charge in [-0.1, -0.05) is 0 Å². The van der Waals surface area contributed by atoms with Crippen molar-refractivity contribution in [3.05, 3.63) is 38.0 Å². The number of nitrogens with one attached hydrogen (secondary N) is 1. The molecule has 0 unspecified atom stereocenters. The van der Waals surface area contributed by atoms with Crippen molar-refractivity contribution in [2.75, 3.05) is 0 Å². The average Bonchev–Trinajstić information content (AvgIpc) is 2.81. The number of rotatable bonds is 3. The maximum absolute atomic E-state index is 3.61. The summed E-state index contributed by atoms with van der Waals surface area (Å²) >= 11 is -0.121. The second-order valence-electron chi connectivity index (χ2n) is 5.20. The zero-order valence-corrected chi connectivity index (χ0v) is 16.4. The van der Waals surface area contributed by atoms with E-state index in [1.807, 2.05) is 0 Å². The molecule has 0 fully saturated rings. The Morgan fingerprint density at radius 1 is 1.11 bits per heavy atom.